The summed E-state index contributed by atoms with van der Waals surface area (Å²) in [5.41, 5.74) is 7.84. The van der Waals surface area contributed by atoms with Crippen LogP contribution in [0.4, 0.5) is 24.9 Å². The number of hydrogen-bond acceptors (Lipinski definition) is 8. The van der Waals surface area contributed by atoms with Gasteiger partial charge in [-0.3, -0.25) is 4.79 Å². The standard InChI is InChI=1S/C29H28F3N5O4/c30-29(31,32)25(18-7-5-17(6-8-18)20-15-40-22-4-2-1-3-19(20)22)41-24-13-23(35-27(33)36-24)37-11-9-28(10-12-37)14-21(26(38)39)34-16-28/h1-8,13,15,21,25,34H,9-12,14,16H2,(H,38,39)(H2,33,35,36)/t21?,25-/m1/s1. The Balaban J connectivity index is 1.20. The Hall–Kier alpha value is -4.32. The molecule has 4 N–H and O–H groups in total. The third-order valence-corrected chi connectivity index (χ3v) is 8.05. The number of benzene rings is 2. The maximum Gasteiger partial charge on any atom is 0.429 e. The van der Waals surface area contributed by atoms with Crippen LogP contribution in [0.15, 0.2) is 65.3 Å². The monoisotopic (exact) mass is 567 g/mol. The first kappa shape index (κ1) is 26.9. The van der Waals surface area contributed by atoms with Gasteiger partial charge in [0.05, 0.1) is 6.26 Å². The Morgan fingerprint density at radius 1 is 1.15 bits per heavy atom. The molecule has 214 valence electrons. The summed E-state index contributed by atoms with van der Waals surface area (Å²) in [6.45, 7) is 1.72. The second kappa shape index (κ2) is 10.3. The Kier molecular flexibility index (Phi) is 6.72. The average molecular weight is 568 g/mol. The second-order valence-corrected chi connectivity index (χ2v) is 10.7. The lowest BCUT2D eigenvalue weighted by atomic mass is 9.76. The largest absolute Gasteiger partial charge is 0.480 e. The van der Waals surface area contributed by atoms with E-state index in [4.69, 9.17) is 14.9 Å². The van der Waals surface area contributed by atoms with Gasteiger partial charge in [-0.05, 0) is 36.3 Å². The molecule has 2 aliphatic heterocycles. The molecule has 2 fully saturated rings. The van der Waals surface area contributed by atoms with Crippen LogP contribution < -0.4 is 20.7 Å². The number of alkyl halides is 3. The van der Waals surface area contributed by atoms with Gasteiger partial charge in [0.25, 0.3) is 0 Å². The van der Waals surface area contributed by atoms with E-state index in [0.717, 1.165) is 10.9 Å². The van der Waals surface area contributed by atoms with Crippen molar-refractivity contribution in [1.29, 1.82) is 0 Å². The van der Waals surface area contributed by atoms with E-state index in [1.807, 2.05) is 29.2 Å². The topological polar surface area (TPSA) is 127 Å². The number of furan rings is 1. The molecule has 1 unspecified atom stereocenters. The molecule has 9 nitrogen and oxygen atoms in total. The minimum atomic E-state index is -4.72. The van der Waals surface area contributed by atoms with Crippen LogP contribution >= 0.6 is 0 Å². The molecule has 0 aliphatic carbocycles. The number of carboxylic acids is 1. The van der Waals surface area contributed by atoms with E-state index in [9.17, 15) is 23.1 Å². The van der Waals surface area contributed by atoms with E-state index in [0.29, 0.717) is 55.9 Å². The van der Waals surface area contributed by atoms with E-state index >= 15 is 0 Å². The second-order valence-electron chi connectivity index (χ2n) is 10.7. The third-order valence-electron chi connectivity index (χ3n) is 8.05. The average Bonchev–Trinajstić information content (AvgIpc) is 3.56. The fraction of sp³-hybridized carbons (Fsp3) is 0.345. The molecule has 12 heteroatoms. The number of piperidine rings is 1. The predicted octanol–water partition coefficient (Wildman–Crippen LogP) is 5.19. The van der Waals surface area contributed by atoms with Gasteiger partial charge in [-0.15, -0.1) is 0 Å². The zero-order chi connectivity index (χ0) is 28.8. The summed E-state index contributed by atoms with van der Waals surface area (Å²) in [6.07, 6.45) is -3.45. The van der Waals surface area contributed by atoms with Crippen LogP contribution in [-0.2, 0) is 4.79 Å². The number of nitrogens with zero attached hydrogens (tertiary/aromatic N) is 3. The number of fused-ring (bicyclic) bond motifs is 1. The lowest BCUT2D eigenvalue weighted by molar-refractivity contribution is -0.198. The van der Waals surface area contributed by atoms with Gasteiger partial charge in [0.1, 0.15) is 17.4 Å². The highest BCUT2D eigenvalue weighted by Gasteiger charge is 2.45. The maximum atomic E-state index is 14.2. The number of aliphatic carboxylic acids is 1. The number of halogens is 3. The molecule has 0 bridgehead atoms. The molecule has 2 atom stereocenters. The SMILES string of the molecule is Nc1nc(O[C@H](c2ccc(-c3coc4ccccc34)cc2)C(F)(F)F)cc(N2CCC3(CC2)CNC(C(=O)O)C3)n1. The quantitative estimate of drug-likeness (QED) is 0.289. The predicted molar refractivity (Wildman–Crippen MR) is 145 cm³/mol. The molecule has 2 aliphatic rings. The number of para-hydroxylation sites is 1. The minimum Gasteiger partial charge on any atom is -0.480 e. The van der Waals surface area contributed by atoms with Gasteiger partial charge >= 0.3 is 12.1 Å². The first-order valence-corrected chi connectivity index (χ1v) is 13.3. The number of ether oxygens (including phenoxy) is 1. The maximum absolute atomic E-state index is 14.2. The summed E-state index contributed by atoms with van der Waals surface area (Å²) in [7, 11) is 0. The molecule has 6 rings (SSSR count). The Morgan fingerprint density at radius 2 is 1.88 bits per heavy atom. The van der Waals surface area contributed by atoms with Gasteiger partial charge in [-0.25, -0.2) is 0 Å². The smallest absolute Gasteiger partial charge is 0.429 e. The molecule has 4 heterocycles. The number of anilines is 2. The molecule has 0 radical (unpaired) electrons. The van der Waals surface area contributed by atoms with Crippen LogP contribution in [0.3, 0.4) is 0 Å². The van der Waals surface area contributed by atoms with Gasteiger partial charge in [0, 0.05) is 42.2 Å². The molecule has 0 amide bonds. The number of nitrogen functional groups attached to an aromatic ring is 1. The van der Waals surface area contributed by atoms with E-state index in [2.05, 4.69) is 15.3 Å². The number of rotatable bonds is 6. The van der Waals surface area contributed by atoms with E-state index < -0.39 is 24.3 Å². The van der Waals surface area contributed by atoms with Crippen molar-refractivity contribution in [1.82, 2.24) is 15.3 Å². The highest BCUT2D eigenvalue weighted by molar-refractivity contribution is 5.93. The van der Waals surface area contributed by atoms with E-state index in [1.54, 1.807) is 18.4 Å². The first-order valence-electron chi connectivity index (χ1n) is 13.3. The zero-order valence-electron chi connectivity index (χ0n) is 21.9. The Labute approximate surface area is 233 Å². The highest BCUT2D eigenvalue weighted by Crippen LogP contribution is 2.42. The van der Waals surface area contributed by atoms with Crippen molar-refractivity contribution in [3.05, 3.63) is 66.4 Å². The molecular weight excluding hydrogens is 539 g/mol. The number of nitrogens with one attached hydrogen (secondary N) is 1. The van der Waals surface area contributed by atoms with Crippen LogP contribution in [0.2, 0.25) is 0 Å². The van der Waals surface area contributed by atoms with E-state index in [-0.39, 0.29) is 22.8 Å². The molecule has 41 heavy (non-hydrogen) atoms. The van der Waals surface area contributed by atoms with Crippen molar-refractivity contribution >= 4 is 28.7 Å². The van der Waals surface area contributed by atoms with Gasteiger partial charge in [0.2, 0.25) is 17.9 Å². The summed E-state index contributed by atoms with van der Waals surface area (Å²) < 4.78 is 53.6. The first-order chi connectivity index (χ1) is 19.6. The summed E-state index contributed by atoms with van der Waals surface area (Å²) >= 11 is 0. The summed E-state index contributed by atoms with van der Waals surface area (Å²) in [5.74, 6) is -0.979. The molecular formula is C29H28F3N5O4. The molecule has 2 aromatic heterocycles. The van der Waals surface area contributed by atoms with E-state index in [1.165, 1.54) is 18.2 Å². The number of nitrogens with two attached hydrogens (primary N) is 1. The summed E-state index contributed by atoms with van der Waals surface area (Å²) in [5, 5.41) is 13.3. The van der Waals surface area contributed by atoms with Crippen LogP contribution in [0, 0.1) is 5.41 Å². The van der Waals surface area contributed by atoms with Crippen molar-refractivity contribution in [3.63, 3.8) is 0 Å². The van der Waals surface area contributed by atoms with Crippen molar-refractivity contribution in [2.75, 3.05) is 30.3 Å². The van der Waals surface area contributed by atoms with Crippen LogP contribution in [0.25, 0.3) is 22.1 Å². The van der Waals surface area contributed by atoms with Crippen molar-refractivity contribution in [3.8, 4) is 17.0 Å². The number of hydrogen-bond donors (Lipinski definition) is 3. The molecule has 2 saturated heterocycles. The van der Waals surface area contributed by atoms with Crippen molar-refractivity contribution in [2.24, 2.45) is 5.41 Å². The van der Waals surface area contributed by atoms with Crippen LogP contribution in [0.5, 0.6) is 5.88 Å². The number of carbonyl (C=O) groups is 1. The van der Waals surface area contributed by atoms with Gasteiger partial charge < -0.3 is 30.2 Å². The lowest BCUT2D eigenvalue weighted by Crippen LogP contribution is -2.41. The van der Waals surface area contributed by atoms with Gasteiger partial charge in [0.15, 0.2) is 0 Å². The summed E-state index contributed by atoms with van der Waals surface area (Å²) in [6, 6.07) is 14.2. The normalized spacial score (nSPS) is 19.5. The summed E-state index contributed by atoms with van der Waals surface area (Å²) in [4.78, 5) is 21.4. The molecule has 4 aromatic rings. The fourth-order valence-corrected chi connectivity index (χ4v) is 5.82. The Morgan fingerprint density at radius 3 is 2.56 bits per heavy atom. The zero-order valence-corrected chi connectivity index (χ0v) is 21.9. The number of carboxylic acid groups (broad SMARTS) is 1. The van der Waals surface area contributed by atoms with Crippen molar-refractivity contribution in [2.45, 2.75) is 37.6 Å². The minimum absolute atomic E-state index is 0.0885. The number of aromatic nitrogens is 2. The van der Waals surface area contributed by atoms with Gasteiger partial charge in [-0.1, -0.05) is 42.5 Å². The highest BCUT2D eigenvalue weighted by atomic mass is 19.4. The molecule has 2 aromatic carbocycles. The third kappa shape index (κ3) is 5.39. The van der Waals surface area contributed by atoms with Gasteiger partial charge in [-0.2, -0.15) is 23.1 Å². The lowest BCUT2D eigenvalue weighted by Gasteiger charge is -2.39. The van der Waals surface area contributed by atoms with Crippen LogP contribution in [-0.4, -0.2) is 52.9 Å². The molecule has 0 saturated carbocycles. The Bertz CT molecular complexity index is 1560. The fourth-order valence-electron chi connectivity index (χ4n) is 5.82. The van der Waals surface area contributed by atoms with Crippen molar-refractivity contribution < 1.29 is 32.2 Å². The van der Waals surface area contributed by atoms with Crippen LogP contribution in [0.1, 0.15) is 30.9 Å². The molecule has 1 spiro atoms.